The van der Waals surface area contributed by atoms with E-state index in [1.165, 1.54) is 26.0 Å². The zero-order chi connectivity index (χ0) is 12.1. The molecule has 0 heterocycles. The summed E-state index contributed by atoms with van der Waals surface area (Å²) in [7, 11) is 0. The lowest BCUT2D eigenvalue weighted by Gasteiger charge is -2.15. The molecule has 0 saturated carbocycles. The highest BCUT2D eigenvalue weighted by atomic mass is 19.3. The monoisotopic (exact) mass is 220 g/mol. The predicted molar refractivity (Wildman–Crippen MR) is 51.4 cm³/mol. The Morgan fingerprint density at radius 2 is 2.00 bits per heavy atom. The average Bonchev–Trinajstić information content (AvgIpc) is 2.01. The van der Waals surface area contributed by atoms with E-state index in [4.69, 9.17) is 5.11 Å². The summed E-state index contributed by atoms with van der Waals surface area (Å²) in [5, 5.41) is 8.78. The highest BCUT2D eigenvalue weighted by molar-refractivity contribution is 5.76. The molecule has 0 fully saturated rings. The molecule has 15 heavy (non-hydrogen) atoms. The molecule has 0 atom stereocenters. The van der Waals surface area contributed by atoms with Crippen molar-refractivity contribution < 1.29 is 23.4 Å². The summed E-state index contributed by atoms with van der Waals surface area (Å²) in [6, 6.07) is 0. The molecule has 86 valence electrons. The van der Waals surface area contributed by atoms with Gasteiger partial charge in [0.2, 0.25) is 0 Å². The second-order valence-electron chi connectivity index (χ2n) is 3.45. The minimum Gasteiger partial charge on any atom is -0.481 e. The van der Waals surface area contributed by atoms with Crippen LogP contribution in [0.15, 0.2) is 24.0 Å². The van der Waals surface area contributed by atoms with Crippen LogP contribution in [-0.4, -0.2) is 17.7 Å². The Labute approximate surface area is 87.0 Å². The Morgan fingerprint density at radius 1 is 1.47 bits per heavy atom. The zero-order valence-corrected chi connectivity index (χ0v) is 8.83. The number of carboxylic acid groups (broad SMARTS) is 1. The van der Waals surface area contributed by atoms with Crippen LogP contribution in [0.4, 0.5) is 8.78 Å². The molecule has 0 aliphatic heterocycles. The zero-order valence-electron chi connectivity index (χ0n) is 8.83. The van der Waals surface area contributed by atoms with Crippen molar-refractivity contribution in [2.45, 2.75) is 27.4 Å². The molecular formula is C10H14F2O3. The molecule has 0 rings (SSSR count). The van der Waals surface area contributed by atoms with Crippen molar-refractivity contribution in [3.63, 3.8) is 0 Å². The normalized spacial score (nSPS) is 13.6. The maximum atomic E-state index is 11.9. The molecule has 1 N–H and O–H groups in total. The van der Waals surface area contributed by atoms with Crippen LogP contribution < -0.4 is 0 Å². The second kappa shape index (κ2) is 5.48. The first-order chi connectivity index (χ1) is 6.79. The summed E-state index contributed by atoms with van der Waals surface area (Å²) < 4.78 is 28.0. The lowest BCUT2D eigenvalue weighted by Crippen LogP contribution is -2.21. The third-order valence-electron chi connectivity index (χ3n) is 1.61. The Kier molecular flexibility index (Phi) is 4.97. The van der Waals surface area contributed by atoms with E-state index in [1.807, 2.05) is 0 Å². The molecule has 0 aromatic rings. The van der Waals surface area contributed by atoms with Gasteiger partial charge in [0.25, 0.3) is 0 Å². The van der Waals surface area contributed by atoms with Crippen LogP contribution in [-0.2, 0) is 9.53 Å². The fourth-order valence-corrected chi connectivity index (χ4v) is 0.806. The van der Waals surface area contributed by atoms with Crippen molar-refractivity contribution in [2.24, 2.45) is 5.41 Å². The van der Waals surface area contributed by atoms with Gasteiger partial charge in [0.1, 0.15) is 5.76 Å². The van der Waals surface area contributed by atoms with E-state index in [2.05, 4.69) is 4.74 Å². The van der Waals surface area contributed by atoms with E-state index in [1.54, 1.807) is 6.92 Å². The number of rotatable bonds is 5. The summed E-state index contributed by atoms with van der Waals surface area (Å²) in [6.07, 6.45) is 3.92. The summed E-state index contributed by atoms with van der Waals surface area (Å²) in [6.45, 7) is 1.45. The van der Waals surface area contributed by atoms with Gasteiger partial charge in [0.05, 0.1) is 5.41 Å². The average molecular weight is 220 g/mol. The standard InChI is InChI=1S/C10H14F2O3/c1-4-5-7(15-9(11)12)6-10(2,3)8(13)14/h4-6,9H,1-3H3,(H,13,14). The molecule has 0 saturated heterocycles. The predicted octanol–water partition coefficient (Wildman–Crippen LogP) is 2.80. The van der Waals surface area contributed by atoms with Gasteiger partial charge in [-0.15, -0.1) is 0 Å². The van der Waals surface area contributed by atoms with E-state index in [0.717, 1.165) is 6.08 Å². The van der Waals surface area contributed by atoms with Gasteiger partial charge in [-0.2, -0.15) is 8.78 Å². The first-order valence-corrected chi connectivity index (χ1v) is 4.33. The van der Waals surface area contributed by atoms with Gasteiger partial charge >= 0.3 is 12.6 Å². The minimum atomic E-state index is -2.96. The fourth-order valence-electron chi connectivity index (χ4n) is 0.806. The van der Waals surface area contributed by atoms with E-state index >= 15 is 0 Å². The smallest absolute Gasteiger partial charge is 0.387 e. The number of halogens is 2. The Bertz CT molecular complexity index is 280. The van der Waals surface area contributed by atoms with Crippen LogP contribution in [0.3, 0.4) is 0 Å². The van der Waals surface area contributed by atoms with Gasteiger partial charge in [-0.25, -0.2) is 0 Å². The number of carbonyl (C=O) groups is 1. The highest BCUT2D eigenvalue weighted by Crippen LogP contribution is 2.21. The molecule has 0 radical (unpaired) electrons. The quantitative estimate of drug-likeness (QED) is 0.572. The molecule has 0 amide bonds. The molecule has 0 aliphatic carbocycles. The summed E-state index contributed by atoms with van der Waals surface area (Å²) in [5.41, 5.74) is -1.25. The number of carboxylic acids is 1. The van der Waals surface area contributed by atoms with Crippen LogP contribution in [0.2, 0.25) is 0 Å². The summed E-state index contributed by atoms with van der Waals surface area (Å²) in [5.74, 6) is -1.26. The second-order valence-corrected chi connectivity index (χ2v) is 3.45. The topological polar surface area (TPSA) is 46.5 Å². The minimum absolute atomic E-state index is 0.153. The Hall–Kier alpha value is -1.39. The molecule has 0 unspecified atom stereocenters. The lowest BCUT2D eigenvalue weighted by atomic mass is 9.93. The number of hydrogen-bond donors (Lipinski definition) is 1. The Balaban J connectivity index is 4.90. The maximum Gasteiger partial charge on any atom is 0.387 e. The van der Waals surface area contributed by atoms with Gasteiger partial charge in [0, 0.05) is 0 Å². The maximum absolute atomic E-state index is 11.9. The highest BCUT2D eigenvalue weighted by Gasteiger charge is 2.25. The van der Waals surface area contributed by atoms with Crippen molar-refractivity contribution in [1.29, 1.82) is 0 Å². The number of ether oxygens (including phenoxy) is 1. The molecule has 5 heteroatoms. The third-order valence-corrected chi connectivity index (χ3v) is 1.61. The van der Waals surface area contributed by atoms with Crippen molar-refractivity contribution in [3.05, 3.63) is 24.0 Å². The van der Waals surface area contributed by atoms with Crippen molar-refractivity contribution in [3.8, 4) is 0 Å². The van der Waals surface area contributed by atoms with Gasteiger partial charge in [-0.3, -0.25) is 4.79 Å². The van der Waals surface area contributed by atoms with Gasteiger partial charge < -0.3 is 9.84 Å². The largest absolute Gasteiger partial charge is 0.481 e. The molecule has 0 aliphatic rings. The van der Waals surface area contributed by atoms with Crippen LogP contribution >= 0.6 is 0 Å². The summed E-state index contributed by atoms with van der Waals surface area (Å²) >= 11 is 0. The molecule has 0 spiro atoms. The number of hydrogen-bond acceptors (Lipinski definition) is 2. The number of alkyl halides is 2. The van der Waals surface area contributed by atoms with E-state index in [9.17, 15) is 13.6 Å². The van der Waals surface area contributed by atoms with Crippen LogP contribution in [0.1, 0.15) is 20.8 Å². The SMILES string of the molecule is CC=CC(=CC(C)(C)C(=O)O)OC(F)F. The number of allylic oxidation sites excluding steroid dienone is 2. The molecule has 3 nitrogen and oxygen atoms in total. The molecule has 0 aromatic carbocycles. The number of aliphatic carboxylic acids is 1. The fraction of sp³-hybridized carbons (Fsp3) is 0.500. The van der Waals surface area contributed by atoms with Crippen molar-refractivity contribution in [1.82, 2.24) is 0 Å². The Morgan fingerprint density at radius 3 is 2.33 bits per heavy atom. The van der Waals surface area contributed by atoms with E-state index in [0.29, 0.717) is 0 Å². The van der Waals surface area contributed by atoms with Crippen LogP contribution in [0, 0.1) is 5.41 Å². The molecule has 0 bridgehead atoms. The third kappa shape index (κ3) is 5.15. The van der Waals surface area contributed by atoms with Crippen molar-refractivity contribution >= 4 is 5.97 Å². The van der Waals surface area contributed by atoms with Crippen LogP contribution in [0.25, 0.3) is 0 Å². The molecule has 0 aromatic heterocycles. The first kappa shape index (κ1) is 13.6. The van der Waals surface area contributed by atoms with E-state index < -0.39 is 18.0 Å². The molecular weight excluding hydrogens is 206 g/mol. The van der Waals surface area contributed by atoms with Gasteiger partial charge in [-0.05, 0) is 32.9 Å². The first-order valence-electron chi connectivity index (χ1n) is 4.33. The summed E-state index contributed by atoms with van der Waals surface area (Å²) in [4.78, 5) is 10.7. The van der Waals surface area contributed by atoms with E-state index in [-0.39, 0.29) is 5.76 Å². The van der Waals surface area contributed by atoms with Crippen molar-refractivity contribution in [2.75, 3.05) is 0 Å². The van der Waals surface area contributed by atoms with Crippen LogP contribution in [0.5, 0.6) is 0 Å². The van der Waals surface area contributed by atoms with Gasteiger partial charge in [0.15, 0.2) is 0 Å². The lowest BCUT2D eigenvalue weighted by molar-refractivity contribution is -0.144. The van der Waals surface area contributed by atoms with Gasteiger partial charge in [-0.1, -0.05) is 6.08 Å².